The van der Waals surface area contributed by atoms with Gasteiger partial charge in [-0.2, -0.15) is 0 Å². The summed E-state index contributed by atoms with van der Waals surface area (Å²) in [4.78, 5) is 12.5. The van der Waals surface area contributed by atoms with Gasteiger partial charge in [0.15, 0.2) is 0 Å². The minimum atomic E-state index is -0.792. The van der Waals surface area contributed by atoms with Crippen molar-refractivity contribution in [1.29, 1.82) is 0 Å². The largest absolute Gasteiger partial charge is 0.394 e. The third-order valence-corrected chi connectivity index (χ3v) is 3.64. The standard InChI is InChI=1S/C17H22N2O2/c1-3-11-19-12-7-10-15(19)16(21)18-17(2,13-20)14-8-5-4-6-9-14/h4-10,12,20H,3,11,13H2,1-2H3,(H,18,21). The summed E-state index contributed by atoms with van der Waals surface area (Å²) in [5.74, 6) is -0.172. The van der Waals surface area contributed by atoms with Crippen LogP contribution in [-0.4, -0.2) is 22.2 Å². The molecule has 0 saturated carbocycles. The molecule has 0 radical (unpaired) electrons. The first-order valence-electron chi connectivity index (χ1n) is 7.25. The Bertz CT molecular complexity index is 592. The Balaban J connectivity index is 2.22. The number of nitrogens with zero attached hydrogens (tertiary/aromatic N) is 1. The second-order valence-electron chi connectivity index (χ2n) is 5.40. The van der Waals surface area contributed by atoms with E-state index in [1.165, 1.54) is 0 Å². The maximum atomic E-state index is 12.5. The number of aromatic nitrogens is 1. The van der Waals surface area contributed by atoms with Crippen LogP contribution < -0.4 is 5.32 Å². The quantitative estimate of drug-likeness (QED) is 0.857. The molecular formula is C17H22N2O2. The SMILES string of the molecule is CCCn1cccc1C(=O)NC(C)(CO)c1ccccc1. The third-order valence-electron chi connectivity index (χ3n) is 3.64. The van der Waals surface area contributed by atoms with Gasteiger partial charge in [0.2, 0.25) is 0 Å². The van der Waals surface area contributed by atoms with Gasteiger partial charge in [-0.1, -0.05) is 37.3 Å². The molecule has 4 heteroatoms. The number of nitrogens with one attached hydrogen (secondary N) is 1. The fourth-order valence-electron chi connectivity index (χ4n) is 2.38. The lowest BCUT2D eigenvalue weighted by Gasteiger charge is -2.29. The van der Waals surface area contributed by atoms with E-state index in [0.29, 0.717) is 5.69 Å². The summed E-state index contributed by atoms with van der Waals surface area (Å²) in [7, 11) is 0. The summed E-state index contributed by atoms with van der Waals surface area (Å²) >= 11 is 0. The van der Waals surface area contributed by atoms with Crippen molar-refractivity contribution in [3.8, 4) is 0 Å². The summed E-state index contributed by atoms with van der Waals surface area (Å²) in [6, 6.07) is 13.2. The molecular weight excluding hydrogens is 264 g/mol. The number of hydrogen-bond donors (Lipinski definition) is 2. The summed E-state index contributed by atoms with van der Waals surface area (Å²) < 4.78 is 1.93. The summed E-state index contributed by atoms with van der Waals surface area (Å²) in [5.41, 5.74) is 0.710. The Morgan fingerprint density at radius 1 is 1.24 bits per heavy atom. The molecule has 2 N–H and O–H groups in total. The van der Waals surface area contributed by atoms with Crippen LogP contribution in [0.5, 0.6) is 0 Å². The highest BCUT2D eigenvalue weighted by Crippen LogP contribution is 2.20. The van der Waals surface area contributed by atoms with Gasteiger partial charge in [0, 0.05) is 12.7 Å². The number of hydrogen-bond acceptors (Lipinski definition) is 2. The van der Waals surface area contributed by atoms with E-state index in [-0.39, 0.29) is 12.5 Å². The molecule has 112 valence electrons. The van der Waals surface area contributed by atoms with Crippen LogP contribution in [0.3, 0.4) is 0 Å². The Morgan fingerprint density at radius 3 is 2.57 bits per heavy atom. The van der Waals surface area contributed by atoms with E-state index < -0.39 is 5.54 Å². The van der Waals surface area contributed by atoms with Crippen LogP contribution in [0.1, 0.15) is 36.3 Å². The zero-order valence-electron chi connectivity index (χ0n) is 12.5. The van der Waals surface area contributed by atoms with Gasteiger partial charge >= 0.3 is 0 Å². The molecule has 21 heavy (non-hydrogen) atoms. The van der Waals surface area contributed by atoms with Crippen molar-refractivity contribution in [3.05, 3.63) is 59.9 Å². The second kappa shape index (κ2) is 6.59. The van der Waals surface area contributed by atoms with Crippen LogP contribution in [0, 0.1) is 0 Å². The average Bonchev–Trinajstić information content (AvgIpc) is 2.97. The van der Waals surface area contributed by atoms with Gasteiger partial charge in [-0.05, 0) is 31.0 Å². The minimum Gasteiger partial charge on any atom is -0.394 e. The molecule has 0 aliphatic heterocycles. The van der Waals surface area contributed by atoms with Gasteiger partial charge in [0.05, 0.1) is 12.1 Å². The number of rotatable bonds is 6. The molecule has 1 aromatic heterocycles. The molecule has 1 amide bonds. The molecule has 0 spiro atoms. The molecule has 0 saturated heterocycles. The van der Waals surface area contributed by atoms with Crippen LogP contribution in [0.15, 0.2) is 48.7 Å². The second-order valence-corrected chi connectivity index (χ2v) is 5.40. The smallest absolute Gasteiger partial charge is 0.268 e. The summed E-state index contributed by atoms with van der Waals surface area (Å²) in [5, 5.41) is 12.7. The molecule has 2 rings (SSSR count). The molecule has 1 aromatic carbocycles. The number of benzene rings is 1. The maximum absolute atomic E-state index is 12.5. The van der Waals surface area contributed by atoms with E-state index in [1.54, 1.807) is 6.07 Å². The van der Waals surface area contributed by atoms with Crippen LogP contribution >= 0.6 is 0 Å². The van der Waals surface area contributed by atoms with E-state index in [0.717, 1.165) is 18.5 Å². The average molecular weight is 286 g/mol. The predicted molar refractivity (Wildman–Crippen MR) is 83.1 cm³/mol. The van der Waals surface area contributed by atoms with Crippen molar-refractivity contribution < 1.29 is 9.90 Å². The molecule has 0 fully saturated rings. The van der Waals surface area contributed by atoms with Crippen LogP contribution in [0.4, 0.5) is 0 Å². The van der Waals surface area contributed by atoms with Crippen molar-refractivity contribution in [2.24, 2.45) is 0 Å². The monoisotopic (exact) mass is 286 g/mol. The van der Waals surface area contributed by atoms with Gasteiger partial charge in [-0.25, -0.2) is 0 Å². The molecule has 1 heterocycles. The highest BCUT2D eigenvalue weighted by molar-refractivity contribution is 5.93. The van der Waals surface area contributed by atoms with Gasteiger partial charge in [0.25, 0.3) is 5.91 Å². The Kier molecular flexibility index (Phi) is 4.81. The van der Waals surface area contributed by atoms with Crippen molar-refractivity contribution in [3.63, 3.8) is 0 Å². The van der Waals surface area contributed by atoms with E-state index in [1.807, 2.05) is 54.1 Å². The van der Waals surface area contributed by atoms with Gasteiger partial charge < -0.3 is 15.0 Å². The fourth-order valence-corrected chi connectivity index (χ4v) is 2.38. The Hall–Kier alpha value is -2.07. The summed E-state index contributed by atoms with van der Waals surface area (Å²) in [6.07, 6.45) is 2.86. The van der Waals surface area contributed by atoms with Crippen LogP contribution in [0.25, 0.3) is 0 Å². The van der Waals surface area contributed by atoms with Gasteiger partial charge in [-0.15, -0.1) is 0 Å². The lowest BCUT2D eigenvalue weighted by Crippen LogP contribution is -2.46. The third kappa shape index (κ3) is 3.34. The van der Waals surface area contributed by atoms with Crippen molar-refractivity contribution in [2.75, 3.05) is 6.61 Å². The zero-order chi connectivity index (χ0) is 15.3. The Morgan fingerprint density at radius 2 is 1.95 bits per heavy atom. The summed E-state index contributed by atoms with van der Waals surface area (Å²) in [6.45, 7) is 4.55. The number of carbonyl (C=O) groups excluding carboxylic acids is 1. The highest BCUT2D eigenvalue weighted by Gasteiger charge is 2.28. The molecule has 0 aliphatic rings. The van der Waals surface area contributed by atoms with E-state index >= 15 is 0 Å². The van der Waals surface area contributed by atoms with Crippen LogP contribution in [0.2, 0.25) is 0 Å². The van der Waals surface area contributed by atoms with Gasteiger partial charge in [0.1, 0.15) is 5.69 Å². The molecule has 1 unspecified atom stereocenters. The number of aryl methyl sites for hydroxylation is 1. The lowest BCUT2D eigenvalue weighted by atomic mass is 9.92. The fraction of sp³-hybridized carbons (Fsp3) is 0.353. The van der Waals surface area contributed by atoms with E-state index in [4.69, 9.17) is 0 Å². The molecule has 4 nitrogen and oxygen atoms in total. The topological polar surface area (TPSA) is 54.3 Å². The number of aliphatic hydroxyl groups excluding tert-OH is 1. The molecule has 2 aromatic rings. The van der Waals surface area contributed by atoms with Crippen molar-refractivity contribution in [2.45, 2.75) is 32.4 Å². The maximum Gasteiger partial charge on any atom is 0.268 e. The lowest BCUT2D eigenvalue weighted by molar-refractivity contribution is 0.0840. The van der Waals surface area contributed by atoms with E-state index in [2.05, 4.69) is 12.2 Å². The molecule has 0 bridgehead atoms. The number of aliphatic hydroxyl groups is 1. The van der Waals surface area contributed by atoms with Crippen molar-refractivity contribution >= 4 is 5.91 Å². The molecule has 1 atom stereocenters. The normalized spacial score (nSPS) is 13.7. The molecule has 0 aliphatic carbocycles. The minimum absolute atomic E-state index is 0.156. The number of carbonyl (C=O) groups is 1. The first-order chi connectivity index (χ1) is 10.1. The highest BCUT2D eigenvalue weighted by atomic mass is 16.3. The zero-order valence-corrected chi connectivity index (χ0v) is 12.5. The van der Waals surface area contributed by atoms with Crippen molar-refractivity contribution in [1.82, 2.24) is 9.88 Å². The van der Waals surface area contributed by atoms with Gasteiger partial charge in [-0.3, -0.25) is 4.79 Å². The number of amides is 1. The van der Waals surface area contributed by atoms with E-state index in [9.17, 15) is 9.90 Å². The first kappa shape index (κ1) is 15.3. The van der Waals surface area contributed by atoms with Crippen LogP contribution in [-0.2, 0) is 12.1 Å². The Labute approximate surface area is 125 Å². The first-order valence-corrected chi connectivity index (χ1v) is 7.25. The predicted octanol–water partition coefficient (Wildman–Crippen LogP) is 2.54.